The second-order valence-electron chi connectivity index (χ2n) is 3.64. The van der Waals surface area contributed by atoms with Gasteiger partial charge in [0.1, 0.15) is 5.82 Å². The minimum absolute atomic E-state index is 0.0347. The Morgan fingerprint density at radius 2 is 1.61 bits per heavy atom. The Balaban J connectivity index is 2.26. The van der Waals surface area contributed by atoms with Gasteiger partial charge in [0.15, 0.2) is 12.2 Å². The molecule has 2 rings (SSSR count). The highest BCUT2D eigenvalue weighted by molar-refractivity contribution is 6.62. The van der Waals surface area contributed by atoms with Gasteiger partial charge >= 0.3 is 19.1 Å². The first-order valence-electron chi connectivity index (χ1n) is 5.01. The maximum atomic E-state index is 13.4. The fourth-order valence-corrected chi connectivity index (χ4v) is 1.63. The highest BCUT2D eigenvalue weighted by atomic mass is 19.1. The summed E-state index contributed by atoms with van der Waals surface area (Å²) < 4.78 is 23.3. The van der Waals surface area contributed by atoms with Crippen molar-refractivity contribution in [3.63, 3.8) is 0 Å². The van der Waals surface area contributed by atoms with Crippen LogP contribution in [0.4, 0.5) is 4.39 Å². The highest BCUT2D eigenvalue weighted by Gasteiger charge is 2.49. The number of carboxylic acid groups (broad SMARTS) is 2. The molecule has 1 saturated heterocycles. The maximum Gasteiger partial charge on any atom is 0.498 e. The summed E-state index contributed by atoms with van der Waals surface area (Å²) in [7, 11) is -1.34. The molecule has 6 nitrogen and oxygen atoms in total. The number of rotatable bonds is 3. The van der Waals surface area contributed by atoms with Crippen LogP contribution in [-0.2, 0) is 18.9 Å². The largest absolute Gasteiger partial charge is 0.498 e. The van der Waals surface area contributed by atoms with Crippen LogP contribution in [0.2, 0.25) is 0 Å². The SMILES string of the molecule is O=C(O)[C@@H]1OB(c2ccccc2F)O[C@H]1C(=O)O. The molecule has 0 aliphatic carbocycles. The van der Waals surface area contributed by atoms with Crippen LogP contribution in [0.1, 0.15) is 0 Å². The van der Waals surface area contributed by atoms with Gasteiger partial charge in [-0.15, -0.1) is 0 Å². The summed E-state index contributed by atoms with van der Waals surface area (Å²) in [5.74, 6) is -3.60. The Kier molecular flexibility index (Phi) is 3.31. The first kappa shape index (κ1) is 12.5. The third-order valence-electron chi connectivity index (χ3n) is 2.46. The molecule has 1 aliphatic heterocycles. The van der Waals surface area contributed by atoms with Crippen molar-refractivity contribution >= 4 is 24.5 Å². The van der Waals surface area contributed by atoms with Crippen molar-refractivity contribution < 1.29 is 33.5 Å². The minimum Gasteiger partial charge on any atom is -0.479 e. The Morgan fingerprint density at radius 3 is 2.06 bits per heavy atom. The maximum absolute atomic E-state index is 13.4. The molecule has 1 aliphatic rings. The zero-order valence-electron chi connectivity index (χ0n) is 8.95. The number of halogens is 1. The summed E-state index contributed by atoms with van der Waals surface area (Å²) in [4.78, 5) is 21.6. The Bertz CT molecular complexity index is 471. The second kappa shape index (κ2) is 4.75. The van der Waals surface area contributed by atoms with Crippen LogP contribution in [0.25, 0.3) is 0 Å². The lowest BCUT2D eigenvalue weighted by Gasteiger charge is -2.08. The number of carbonyl (C=O) groups is 2. The third-order valence-corrected chi connectivity index (χ3v) is 2.46. The molecule has 1 heterocycles. The van der Waals surface area contributed by atoms with E-state index in [0.717, 1.165) is 6.07 Å². The summed E-state index contributed by atoms with van der Waals surface area (Å²) >= 11 is 0. The number of aliphatic carboxylic acids is 2. The first-order valence-corrected chi connectivity index (χ1v) is 5.01. The van der Waals surface area contributed by atoms with E-state index in [0.29, 0.717) is 0 Å². The van der Waals surface area contributed by atoms with Crippen molar-refractivity contribution in [2.24, 2.45) is 0 Å². The monoisotopic (exact) mass is 254 g/mol. The van der Waals surface area contributed by atoms with Crippen molar-refractivity contribution in [1.29, 1.82) is 0 Å². The van der Waals surface area contributed by atoms with Crippen molar-refractivity contribution in [2.75, 3.05) is 0 Å². The molecule has 0 aromatic heterocycles. The summed E-state index contributed by atoms with van der Waals surface area (Å²) in [5.41, 5.74) is -0.0347. The van der Waals surface area contributed by atoms with E-state index in [9.17, 15) is 14.0 Å². The minimum atomic E-state index is -1.66. The lowest BCUT2D eigenvalue weighted by molar-refractivity contribution is -0.156. The predicted molar refractivity (Wildman–Crippen MR) is 56.8 cm³/mol. The molecule has 2 atom stereocenters. The Morgan fingerprint density at radius 1 is 1.11 bits per heavy atom. The topological polar surface area (TPSA) is 93.1 Å². The average Bonchev–Trinajstić information content (AvgIpc) is 2.74. The predicted octanol–water partition coefficient (Wildman–Crippen LogP) is -0.526. The van der Waals surface area contributed by atoms with E-state index in [1.165, 1.54) is 18.2 Å². The molecule has 2 N–H and O–H groups in total. The van der Waals surface area contributed by atoms with Crippen LogP contribution in [0.3, 0.4) is 0 Å². The van der Waals surface area contributed by atoms with E-state index < -0.39 is 37.1 Å². The van der Waals surface area contributed by atoms with Gasteiger partial charge in [0.25, 0.3) is 0 Å². The molecular weight excluding hydrogens is 246 g/mol. The van der Waals surface area contributed by atoms with Crippen molar-refractivity contribution in [3.8, 4) is 0 Å². The molecular formula is C10H8BFO6. The summed E-state index contributed by atoms with van der Waals surface area (Å²) in [6.07, 6.45) is -3.32. The summed E-state index contributed by atoms with van der Waals surface area (Å²) in [6.45, 7) is 0. The van der Waals surface area contributed by atoms with Gasteiger partial charge in [-0.05, 0) is 6.07 Å². The van der Waals surface area contributed by atoms with Gasteiger partial charge in [-0.2, -0.15) is 0 Å². The molecule has 0 radical (unpaired) electrons. The first-order chi connectivity index (χ1) is 8.50. The highest BCUT2D eigenvalue weighted by Crippen LogP contribution is 2.18. The fraction of sp³-hybridized carbons (Fsp3) is 0.200. The molecule has 94 valence electrons. The molecule has 1 aromatic rings. The van der Waals surface area contributed by atoms with Crippen LogP contribution in [0.15, 0.2) is 24.3 Å². The van der Waals surface area contributed by atoms with Gasteiger partial charge < -0.3 is 19.5 Å². The molecule has 0 spiro atoms. The Hall–Kier alpha value is -1.93. The van der Waals surface area contributed by atoms with Crippen molar-refractivity contribution in [1.82, 2.24) is 0 Å². The van der Waals surface area contributed by atoms with E-state index in [1.807, 2.05) is 0 Å². The van der Waals surface area contributed by atoms with E-state index >= 15 is 0 Å². The molecule has 0 saturated carbocycles. The molecule has 1 aromatic carbocycles. The van der Waals surface area contributed by atoms with Gasteiger partial charge in [0, 0.05) is 5.46 Å². The molecule has 8 heteroatoms. The molecule has 1 fully saturated rings. The Labute approximate surface area is 101 Å². The standard InChI is InChI=1S/C10H8BFO6/c12-6-4-2-1-3-5(6)11-17-7(9(13)14)8(18-11)10(15)16/h1-4,7-8H,(H,13,14)(H,15,16)/t7-,8-/m1/s1. The quantitative estimate of drug-likeness (QED) is 0.704. The van der Waals surface area contributed by atoms with Crippen LogP contribution >= 0.6 is 0 Å². The lowest BCUT2D eigenvalue weighted by Crippen LogP contribution is -2.36. The van der Waals surface area contributed by atoms with Gasteiger partial charge in [-0.3, -0.25) is 0 Å². The smallest absolute Gasteiger partial charge is 0.479 e. The van der Waals surface area contributed by atoms with E-state index in [1.54, 1.807) is 0 Å². The fourth-order valence-electron chi connectivity index (χ4n) is 1.63. The van der Waals surface area contributed by atoms with Crippen molar-refractivity contribution in [2.45, 2.75) is 12.2 Å². The summed E-state index contributed by atoms with van der Waals surface area (Å²) in [5, 5.41) is 17.6. The number of hydrogen-bond donors (Lipinski definition) is 2. The number of benzene rings is 1. The van der Waals surface area contributed by atoms with Gasteiger partial charge in [0.05, 0.1) is 0 Å². The molecule has 18 heavy (non-hydrogen) atoms. The van der Waals surface area contributed by atoms with E-state index in [-0.39, 0.29) is 5.46 Å². The van der Waals surface area contributed by atoms with Gasteiger partial charge in [-0.25, -0.2) is 14.0 Å². The normalized spacial score (nSPS) is 23.1. The van der Waals surface area contributed by atoms with Crippen LogP contribution < -0.4 is 5.46 Å². The molecule has 0 amide bonds. The van der Waals surface area contributed by atoms with E-state index in [2.05, 4.69) is 0 Å². The van der Waals surface area contributed by atoms with Crippen LogP contribution in [0, 0.1) is 5.82 Å². The van der Waals surface area contributed by atoms with Gasteiger partial charge in [-0.1, -0.05) is 18.2 Å². The zero-order valence-corrected chi connectivity index (χ0v) is 8.95. The molecule has 0 unspecified atom stereocenters. The third kappa shape index (κ3) is 2.20. The second-order valence-corrected chi connectivity index (χ2v) is 3.64. The average molecular weight is 254 g/mol. The molecule has 0 bridgehead atoms. The number of hydrogen-bond acceptors (Lipinski definition) is 4. The van der Waals surface area contributed by atoms with Crippen LogP contribution in [0.5, 0.6) is 0 Å². The van der Waals surface area contributed by atoms with E-state index in [4.69, 9.17) is 19.5 Å². The van der Waals surface area contributed by atoms with Crippen molar-refractivity contribution in [3.05, 3.63) is 30.1 Å². The van der Waals surface area contributed by atoms with Gasteiger partial charge in [0.2, 0.25) is 0 Å². The lowest BCUT2D eigenvalue weighted by atomic mass is 9.79. The number of carboxylic acids is 2. The van der Waals surface area contributed by atoms with Crippen LogP contribution in [-0.4, -0.2) is 41.5 Å². The zero-order chi connectivity index (χ0) is 13.3. The summed E-state index contributed by atoms with van der Waals surface area (Å²) in [6, 6.07) is 5.43.